The summed E-state index contributed by atoms with van der Waals surface area (Å²) in [7, 11) is 0. The van der Waals surface area contributed by atoms with E-state index in [2.05, 4.69) is 9.98 Å². The van der Waals surface area contributed by atoms with Gasteiger partial charge in [-0.15, -0.1) is 0 Å². The molecule has 7 heteroatoms. The number of fused-ring (bicyclic) bond motifs is 2. The number of nitrogens with zero attached hydrogens (tertiary/aromatic N) is 3. The van der Waals surface area contributed by atoms with Gasteiger partial charge in [0.05, 0.1) is 10.6 Å². The number of aliphatic imine (C=N–C) groups is 1. The van der Waals surface area contributed by atoms with E-state index in [1.54, 1.807) is 18.2 Å². The minimum atomic E-state index is -0.521. The minimum Gasteiger partial charge on any atom is -0.507 e. The highest BCUT2D eigenvalue weighted by Gasteiger charge is 2.12. The predicted octanol–water partition coefficient (Wildman–Crippen LogP) is 6.01. The van der Waals surface area contributed by atoms with Gasteiger partial charge in [0.25, 0.3) is 5.69 Å². The molecule has 5 rings (SSSR count). The standard InChI is InChI=1S/C24H15N3O4/c28-22-10-9-18(27(29)30)12-16(22)14-25-17-8-11-23-21(13-17)26-24(31-23)20-7-3-5-15-4-1-2-6-19(15)20/h1-14,28H. The highest BCUT2D eigenvalue weighted by Crippen LogP contribution is 2.32. The Bertz CT molecular complexity index is 1480. The van der Waals surface area contributed by atoms with Crippen molar-refractivity contribution in [1.82, 2.24) is 4.98 Å². The smallest absolute Gasteiger partial charge is 0.270 e. The van der Waals surface area contributed by atoms with E-state index in [9.17, 15) is 15.2 Å². The Hall–Kier alpha value is -4.52. The van der Waals surface area contributed by atoms with E-state index in [0.717, 1.165) is 16.3 Å². The zero-order chi connectivity index (χ0) is 21.4. The normalized spacial score (nSPS) is 11.5. The first-order valence-electron chi connectivity index (χ1n) is 9.49. The van der Waals surface area contributed by atoms with Gasteiger partial charge in [-0.2, -0.15) is 0 Å². The SMILES string of the molecule is O=[N+]([O-])c1ccc(O)c(C=Nc2ccc3oc(-c4cccc5ccccc45)nc3c2)c1. The summed E-state index contributed by atoms with van der Waals surface area (Å²) in [6.45, 7) is 0. The van der Waals surface area contributed by atoms with Gasteiger partial charge in [0, 0.05) is 29.5 Å². The van der Waals surface area contributed by atoms with Crippen molar-refractivity contribution in [2.75, 3.05) is 0 Å². The number of rotatable bonds is 4. The van der Waals surface area contributed by atoms with Crippen molar-refractivity contribution in [3.05, 3.63) is 94.5 Å². The van der Waals surface area contributed by atoms with Crippen molar-refractivity contribution in [1.29, 1.82) is 0 Å². The average Bonchev–Trinajstić information content (AvgIpc) is 3.21. The lowest BCUT2D eigenvalue weighted by Crippen LogP contribution is -1.90. The molecule has 0 saturated heterocycles. The highest BCUT2D eigenvalue weighted by molar-refractivity contribution is 5.96. The Balaban J connectivity index is 1.51. The zero-order valence-electron chi connectivity index (χ0n) is 16.1. The Morgan fingerprint density at radius 2 is 1.84 bits per heavy atom. The van der Waals surface area contributed by atoms with Crippen LogP contribution in [-0.2, 0) is 0 Å². The molecule has 31 heavy (non-hydrogen) atoms. The zero-order valence-corrected chi connectivity index (χ0v) is 16.1. The van der Waals surface area contributed by atoms with E-state index in [-0.39, 0.29) is 17.0 Å². The van der Waals surface area contributed by atoms with Crippen LogP contribution in [0.5, 0.6) is 5.75 Å². The van der Waals surface area contributed by atoms with Crippen LogP contribution in [0, 0.1) is 10.1 Å². The van der Waals surface area contributed by atoms with E-state index in [1.165, 1.54) is 24.4 Å². The summed E-state index contributed by atoms with van der Waals surface area (Å²) in [5, 5.41) is 23.0. The first-order chi connectivity index (χ1) is 15.1. The summed E-state index contributed by atoms with van der Waals surface area (Å²) in [5.41, 5.74) is 2.88. The van der Waals surface area contributed by atoms with E-state index in [0.29, 0.717) is 22.7 Å². The molecule has 0 bridgehead atoms. The largest absolute Gasteiger partial charge is 0.507 e. The maximum atomic E-state index is 10.9. The molecular formula is C24H15N3O4. The molecule has 1 N–H and O–H groups in total. The number of benzene rings is 4. The fraction of sp³-hybridized carbons (Fsp3) is 0. The van der Waals surface area contributed by atoms with Crippen molar-refractivity contribution in [3.8, 4) is 17.2 Å². The number of hydrogen-bond acceptors (Lipinski definition) is 6. The van der Waals surface area contributed by atoms with Crippen LogP contribution in [0.3, 0.4) is 0 Å². The van der Waals surface area contributed by atoms with Gasteiger partial charge in [0.15, 0.2) is 5.58 Å². The molecule has 7 nitrogen and oxygen atoms in total. The Morgan fingerprint density at radius 3 is 2.71 bits per heavy atom. The molecule has 5 aromatic rings. The number of nitro benzene ring substituents is 1. The number of aromatic nitrogens is 1. The van der Waals surface area contributed by atoms with Gasteiger partial charge in [0.1, 0.15) is 11.3 Å². The van der Waals surface area contributed by atoms with Gasteiger partial charge >= 0.3 is 0 Å². The number of phenols is 1. The van der Waals surface area contributed by atoms with E-state index < -0.39 is 4.92 Å². The molecule has 0 amide bonds. The fourth-order valence-electron chi connectivity index (χ4n) is 3.43. The third kappa shape index (κ3) is 3.49. The molecule has 0 aliphatic carbocycles. The molecule has 0 radical (unpaired) electrons. The van der Waals surface area contributed by atoms with Gasteiger partial charge in [-0.25, -0.2) is 4.98 Å². The molecule has 1 aromatic heterocycles. The van der Waals surface area contributed by atoms with Gasteiger partial charge < -0.3 is 9.52 Å². The fourth-order valence-corrected chi connectivity index (χ4v) is 3.43. The topological polar surface area (TPSA) is 102 Å². The summed E-state index contributed by atoms with van der Waals surface area (Å²) in [5.74, 6) is 0.430. The van der Waals surface area contributed by atoms with Crippen molar-refractivity contribution >= 4 is 39.5 Å². The maximum absolute atomic E-state index is 10.9. The number of non-ortho nitro benzene ring substituents is 1. The summed E-state index contributed by atoms with van der Waals surface area (Å²) in [6.07, 6.45) is 1.38. The first-order valence-corrected chi connectivity index (χ1v) is 9.49. The van der Waals surface area contributed by atoms with Crippen LogP contribution in [0.4, 0.5) is 11.4 Å². The Labute approximate surface area is 176 Å². The van der Waals surface area contributed by atoms with E-state index >= 15 is 0 Å². The lowest BCUT2D eigenvalue weighted by atomic mass is 10.0. The van der Waals surface area contributed by atoms with Gasteiger partial charge in [-0.05, 0) is 41.1 Å². The Morgan fingerprint density at radius 1 is 1.00 bits per heavy atom. The first kappa shape index (κ1) is 18.5. The summed E-state index contributed by atoms with van der Waals surface area (Å²) in [4.78, 5) is 19.4. The third-order valence-corrected chi connectivity index (χ3v) is 4.97. The molecule has 150 valence electrons. The van der Waals surface area contributed by atoms with Crippen LogP contribution in [0.1, 0.15) is 5.56 Å². The van der Waals surface area contributed by atoms with Crippen molar-refractivity contribution < 1.29 is 14.4 Å². The molecule has 0 aliphatic rings. The van der Waals surface area contributed by atoms with Gasteiger partial charge in [-0.1, -0.05) is 36.4 Å². The second-order valence-electron chi connectivity index (χ2n) is 6.96. The number of hydrogen-bond donors (Lipinski definition) is 1. The van der Waals surface area contributed by atoms with Gasteiger partial charge in [-0.3, -0.25) is 15.1 Å². The number of oxazole rings is 1. The van der Waals surface area contributed by atoms with Crippen LogP contribution in [0.2, 0.25) is 0 Å². The summed E-state index contributed by atoms with van der Waals surface area (Å²) in [6, 6.07) is 23.1. The third-order valence-electron chi connectivity index (χ3n) is 4.97. The monoisotopic (exact) mass is 409 g/mol. The second kappa shape index (κ2) is 7.38. The minimum absolute atomic E-state index is 0.0879. The predicted molar refractivity (Wildman–Crippen MR) is 119 cm³/mol. The number of phenolic OH excluding ortho intramolecular Hbond substituents is 1. The van der Waals surface area contributed by atoms with Gasteiger partial charge in [0.2, 0.25) is 5.89 Å². The van der Waals surface area contributed by atoms with E-state index in [4.69, 9.17) is 4.42 Å². The van der Waals surface area contributed by atoms with Crippen molar-refractivity contribution in [3.63, 3.8) is 0 Å². The molecule has 0 saturated carbocycles. The molecular weight excluding hydrogens is 394 g/mol. The quantitative estimate of drug-likeness (QED) is 0.222. The molecule has 0 aliphatic heterocycles. The number of aromatic hydroxyl groups is 1. The lowest BCUT2D eigenvalue weighted by molar-refractivity contribution is -0.384. The van der Waals surface area contributed by atoms with Crippen LogP contribution in [0.15, 0.2) is 88.3 Å². The van der Waals surface area contributed by atoms with Crippen LogP contribution in [-0.4, -0.2) is 21.2 Å². The molecule has 1 heterocycles. The molecule has 0 spiro atoms. The van der Waals surface area contributed by atoms with Crippen LogP contribution < -0.4 is 0 Å². The van der Waals surface area contributed by atoms with E-state index in [1.807, 2.05) is 42.5 Å². The molecule has 4 aromatic carbocycles. The summed E-state index contributed by atoms with van der Waals surface area (Å²) >= 11 is 0. The molecule has 0 fully saturated rings. The lowest BCUT2D eigenvalue weighted by Gasteiger charge is -2.01. The number of nitro groups is 1. The second-order valence-corrected chi connectivity index (χ2v) is 6.96. The molecule has 0 atom stereocenters. The van der Waals surface area contributed by atoms with Crippen molar-refractivity contribution in [2.24, 2.45) is 4.99 Å². The van der Waals surface area contributed by atoms with Crippen molar-refractivity contribution in [2.45, 2.75) is 0 Å². The molecule has 0 unspecified atom stereocenters. The average molecular weight is 409 g/mol. The Kier molecular flexibility index (Phi) is 4.41. The van der Waals surface area contributed by atoms with Crippen LogP contribution in [0.25, 0.3) is 33.3 Å². The summed E-state index contributed by atoms with van der Waals surface area (Å²) < 4.78 is 5.96. The highest BCUT2D eigenvalue weighted by atomic mass is 16.6. The maximum Gasteiger partial charge on any atom is 0.270 e. The van der Waals surface area contributed by atoms with Crippen LogP contribution >= 0.6 is 0 Å².